The average molecular weight is 239 g/mol. The highest BCUT2D eigenvalue weighted by Gasteiger charge is 2.19. The Kier molecular flexibility index (Phi) is 3.34. The predicted molar refractivity (Wildman–Crippen MR) is 65.3 cm³/mol. The van der Waals surface area contributed by atoms with Crippen molar-refractivity contribution in [2.24, 2.45) is 0 Å². The summed E-state index contributed by atoms with van der Waals surface area (Å²) >= 11 is 5.57. The zero-order chi connectivity index (χ0) is 11.5. The summed E-state index contributed by atoms with van der Waals surface area (Å²) in [6.07, 6.45) is 1.32. The van der Waals surface area contributed by atoms with Gasteiger partial charge in [0.05, 0.1) is 0 Å². The number of anilines is 1. The van der Waals surface area contributed by atoms with E-state index in [2.05, 4.69) is 0 Å². The van der Waals surface area contributed by atoms with Crippen LogP contribution in [-0.4, -0.2) is 23.2 Å². The Bertz CT molecular complexity index is 406. The van der Waals surface area contributed by atoms with E-state index in [-0.39, 0.29) is 5.91 Å². The highest BCUT2D eigenvalue weighted by molar-refractivity contribution is 6.18. The number of carbonyl (C=O) groups excluding carboxylic acids is 1. The maximum Gasteiger partial charge on any atom is 0.224 e. The SMILES string of the molecule is Nc1ccc2c(c1)CN(C(=O)CCCl)CC2. The molecular weight excluding hydrogens is 224 g/mol. The molecular formula is C12H15ClN2O. The van der Waals surface area contributed by atoms with Crippen molar-refractivity contribution < 1.29 is 4.79 Å². The fourth-order valence-electron chi connectivity index (χ4n) is 2.03. The molecule has 0 atom stereocenters. The van der Waals surface area contributed by atoms with Gasteiger partial charge in [-0.25, -0.2) is 0 Å². The van der Waals surface area contributed by atoms with E-state index in [4.69, 9.17) is 17.3 Å². The summed E-state index contributed by atoms with van der Waals surface area (Å²) in [5.74, 6) is 0.516. The van der Waals surface area contributed by atoms with Crippen molar-refractivity contribution in [3.05, 3.63) is 29.3 Å². The van der Waals surface area contributed by atoms with Gasteiger partial charge in [0, 0.05) is 31.1 Å². The minimum Gasteiger partial charge on any atom is -0.399 e. The first kappa shape index (κ1) is 11.3. The van der Waals surface area contributed by atoms with Crippen LogP contribution in [0.1, 0.15) is 17.5 Å². The summed E-state index contributed by atoms with van der Waals surface area (Å²) < 4.78 is 0. The van der Waals surface area contributed by atoms with Gasteiger partial charge in [0.25, 0.3) is 0 Å². The summed E-state index contributed by atoms with van der Waals surface area (Å²) in [6, 6.07) is 5.92. The Labute approximate surface area is 100 Å². The Balaban J connectivity index is 2.13. The Hall–Kier alpha value is -1.22. The third-order valence-corrected chi connectivity index (χ3v) is 3.09. The van der Waals surface area contributed by atoms with E-state index in [0.29, 0.717) is 18.8 Å². The van der Waals surface area contributed by atoms with Crippen molar-refractivity contribution in [1.82, 2.24) is 4.90 Å². The van der Waals surface area contributed by atoms with Crippen molar-refractivity contribution in [1.29, 1.82) is 0 Å². The van der Waals surface area contributed by atoms with E-state index in [9.17, 15) is 4.79 Å². The zero-order valence-corrected chi connectivity index (χ0v) is 9.83. The molecule has 86 valence electrons. The number of nitrogens with two attached hydrogens (primary N) is 1. The van der Waals surface area contributed by atoms with Gasteiger partial charge >= 0.3 is 0 Å². The monoisotopic (exact) mass is 238 g/mol. The fourth-order valence-corrected chi connectivity index (χ4v) is 2.19. The Morgan fingerprint density at radius 3 is 3.00 bits per heavy atom. The topological polar surface area (TPSA) is 46.3 Å². The summed E-state index contributed by atoms with van der Waals surface area (Å²) in [5, 5.41) is 0. The van der Waals surface area contributed by atoms with E-state index in [1.807, 2.05) is 23.1 Å². The normalized spacial score (nSPS) is 14.7. The minimum atomic E-state index is 0.128. The molecule has 0 unspecified atom stereocenters. The zero-order valence-electron chi connectivity index (χ0n) is 9.08. The molecule has 0 saturated carbocycles. The van der Waals surface area contributed by atoms with Gasteiger partial charge in [0.1, 0.15) is 0 Å². The van der Waals surface area contributed by atoms with Gasteiger partial charge in [-0.15, -0.1) is 11.6 Å². The van der Waals surface area contributed by atoms with Gasteiger partial charge in [-0.3, -0.25) is 4.79 Å². The van der Waals surface area contributed by atoms with Crippen LogP contribution in [0.2, 0.25) is 0 Å². The quantitative estimate of drug-likeness (QED) is 0.631. The first-order valence-corrected chi connectivity index (χ1v) is 5.95. The van der Waals surface area contributed by atoms with Crippen molar-refractivity contribution >= 4 is 23.2 Å². The van der Waals surface area contributed by atoms with Crippen molar-refractivity contribution in [2.75, 3.05) is 18.2 Å². The van der Waals surface area contributed by atoms with Crippen LogP contribution in [0, 0.1) is 0 Å². The molecule has 1 aromatic carbocycles. The molecule has 0 saturated heterocycles. The number of nitrogens with zero attached hydrogens (tertiary/aromatic N) is 1. The number of alkyl halides is 1. The molecule has 0 aromatic heterocycles. The van der Waals surface area contributed by atoms with E-state index in [1.54, 1.807) is 0 Å². The standard InChI is InChI=1S/C12H15ClN2O/c13-5-3-12(16)15-6-4-9-1-2-11(14)7-10(9)8-15/h1-2,7H,3-6,8,14H2. The molecule has 1 amide bonds. The van der Waals surface area contributed by atoms with Crippen LogP contribution >= 0.6 is 11.6 Å². The molecule has 0 fully saturated rings. The molecule has 3 nitrogen and oxygen atoms in total. The lowest BCUT2D eigenvalue weighted by Gasteiger charge is -2.29. The molecule has 0 aliphatic carbocycles. The van der Waals surface area contributed by atoms with E-state index < -0.39 is 0 Å². The van der Waals surface area contributed by atoms with Crippen molar-refractivity contribution in [2.45, 2.75) is 19.4 Å². The van der Waals surface area contributed by atoms with E-state index in [1.165, 1.54) is 5.56 Å². The molecule has 0 radical (unpaired) electrons. The molecule has 1 aliphatic rings. The lowest BCUT2D eigenvalue weighted by atomic mass is 9.99. The van der Waals surface area contributed by atoms with E-state index >= 15 is 0 Å². The summed E-state index contributed by atoms with van der Waals surface area (Å²) in [4.78, 5) is 13.6. The number of fused-ring (bicyclic) bond motifs is 1. The maximum absolute atomic E-state index is 11.7. The van der Waals surface area contributed by atoms with Crippen LogP contribution < -0.4 is 5.73 Å². The van der Waals surface area contributed by atoms with Crippen LogP contribution in [0.3, 0.4) is 0 Å². The largest absolute Gasteiger partial charge is 0.399 e. The third-order valence-electron chi connectivity index (χ3n) is 2.90. The van der Waals surface area contributed by atoms with Crippen LogP contribution in [-0.2, 0) is 17.8 Å². The number of amides is 1. The first-order chi connectivity index (χ1) is 7.70. The van der Waals surface area contributed by atoms with Gasteiger partial charge in [-0.05, 0) is 29.7 Å². The molecule has 0 bridgehead atoms. The van der Waals surface area contributed by atoms with Crippen molar-refractivity contribution in [3.63, 3.8) is 0 Å². The van der Waals surface area contributed by atoms with Crippen LogP contribution in [0.5, 0.6) is 0 Å². The number of hydrogen-bond donors (Lipinski definition) is 1. The molecule has 1 aliphatic heterocycles. The van der Waals surface area contributed by atoms with Gasteiger partial charge in [0.2, 0.25) is 5.91 Å². The molecule has 2 N–H and O–H groups in total. The van der Waals surface area contributed by atoms with Crippen LogP contribution in [0.25, 0.3) is 0 Å². The molecule has 2 rings (SSSR count). The maximum atomic E-state index is 11.7. The number of hydrogen-bond acceptors (Lipinski definition) is 2. The molecule has 16 heavy (non-hydrogen) atoms. The molecule has 1 heterocycles. The van der Waals surface area contributed by atoms with Gasteiger partial charge < -0.3 is 10.6 Å². The molecule has 0 spiro atoms. The second kappa shape index (κ2) is 4.74. The average Bonchev–Trinajstić information content (AvgIpc) is 2.28. The van der Waals surface area contributed by atoms with Gasteiger partial charge in [-0.1, -0.05) is 6.07 Å². The summed E-state index contributed by atoms with van der Waals surface area (Å²) in [7, 11) is 0. The van der Waals surface area contributed by atoms with Crippen molar-refractivity contribution in [3.8, 4) is 0 Å². The highest BCUT2D eigenvalue weighted by Crippen LogP contribution is 2.21. The van der Waals surface area contributed by atoms with Crippen LogP contribution in [0.4, 0.5) is 5.69 Å². The lowest BCUT2D eigenvalue weighted by molar-refractivity contribution is -0.131. The second-order valence-electron chi connectivity index (χ2n) is 4.03. The number of carbonyl (C=O) groups is 1. The van der Waals surface area contributed by atoms with Crippen LogP contribution in [0.15, 0.2) is 18.2 Å². The molecule has 4 heteroatoms. The Morgan fingerprint density at radius 2 is 2.25 bits per heavy atom. The van der Waals surface area contributed by atoms with E-state index in [0.717, 1.165) is 24.2 Å². The first-order valence-electron chi connectivity index (χ1n) is 5.41. The smallest absolute Gasteiger partial charge is 0.224 e. The summed E-state index contributed by atoms with van der Waals surface area (Å²) in [6.45, 7) is 1.45. The summed E-state index contributed by atoms with van der Waals surface area (Å²) in [5.41, 5.74) is 8.95. The third kappa shape index (κ3) is 2.30. The Morgan fingerprint density at radius 1 is 1.44 bits per heavy atom. The second-order valence-corrected chi connectivity index (χ2v) is 4.41. The lowest BCUT2D eigenvalue weighted by Crippen LogP contribution is -2.36. The highest BCUT2D eigenvalue weighted by atomic mass is 35.5. The van der Waals surface area contributed by atoms with Gasteiger partial charge in [-0.2, -0.15) is 0 Å². The van der Waals surface area contributed by atoms with Gasteiger partial charge in [0.15, 0.2) is 0 Å². The number of rotatable bonds is 2. The fraction of sp³-hybridized carbons (Fsp3) is 0.417. The minimum absolute atomic E-state index is 0.128. The number of nitrogen functional groups attached to an aromatic ring is 1. The number of benzene rings is 1. The predicted octanol–water partition coefficient (Wildman–Crippen LogP) is 1.78. The number of halogens is 1. The molecule has 1 aromatic rings.